The van der Waals surface area contributed by atoms with Gasteiger partial charge in [-0.1, -0.05) is 19.1 Å². The van der Waals surface area contributed by atoms with Gasteiger partial charge < -0.3 is 10.5 Å². The molecule has 1 aromatic carbocycles. The first-order valence-electron chi connectivity index (χ1n) is 6.57. The summed E-state index contributed by atoms with van der Waals surface area (Å²) in [4.78, 5) is 15.3. The normalized spacial score (nSPS) is 13.7. The molecule has 2 unspecified atom stereocenters. The average molecular weight is 292 g/mol. The van der Waals surface area contributed by atoms with Gasteiger partial charge in [-0.3, -0.25) is 0 Å². The summed E-state index contributed by atoms with van der Waals surface area (Å²) < 4.78 is 19.5. The molecule has 0 radical (unpaired) electrons. The van der Waals surface area contributed by atoms with E-state index in [9.17, 15) is 9.18 Å². The van der Waals surface area contributed by atoms with Crippen molar-refractivity contribution in [3.05, 3.63) is 47.8 Å². The molecule has 0 aliphatic heterocycles. The first-order chi connectivity index (χ1) is 10.1. The molecule has 0 spiro atoms. The minimum absolute atomic E-state index is 0.0535. The minimum atomic E-state index is -0.628. The van der Waals surface area contributed by atoms with E-state index >= 15 is 0 Å². The second-order valence-corrected chi connectivity index (χ2v) is 4.61. The number of nitrogens with two attached hydrogens (primary N) is 1. The van der Waals surface area contributed by atoms with Crippen LogP contribution in [-0.2, 0) is 4.74 Å². The Balaban J connectivity index is 2.41. The van der Waals surface area contributed by atoms with Crippen LogP contribution < -0.4 is 5.73 Å². The Kier molecular flexibility index (Phi) is 4.64. The molecule has 0 aliphatic carbocycles. The number of methoxy groups -OCH3 is 1. The molecule has 0 saturated heterocycles. The molecule has 0 aliphatic rings. The Morgan fingerprint density at radius 3 is 2.90 bits per heavy atom. The molecule has 0 fully saturated rings. The fraction of sp³-hybridized carbons (Fsp3) is 0.357. The smallest absolute Gasteiger partial charge is 0.377 e. The van der Waals surface area contributed by atoms with Crippen LogP contribution in [0.5, 0.6) is 0 Å². The van der Waals surface area contributed by atoms with E-state index in [-0.39, 0.29) is 17.7 Å². The third-order valence-electron chi connectivity index (χ3n) is 3.23. The zero-order valence-corrected chi connectivity index (χ0v) is 11.9. The molecule has 6 nitrogen and oxygen atoms in total. The molecular weight excluding hydrogens is 275 g/mol. The van der Waals surface area contributed by atoms with Crippen molar-refractivity contribution in [2.24, 2.45) is 5.73 Å². The lowest BCUT2D eigenvalue weighted by atomic mass is 9.98. The quantitative estimate of drug-likeness (QED) is 0.845. The summed E-state index contributed by atoms with van der Waals surface area (Å²) in [6.07, 6.45) is 2.06. The number of hydrogen-bond donors (Lipinski definition) is 1. The van der Waals surface area contributed by atoms with Gasteiger partial charge in [0, 0.05) is 6.04 Å². The number of hydrogen-bond acceptors (Lipinski definition) is 5. The highest BCUT2D eigenvalue weighted by Gasteiger charge is 2.24. The van der Waals surface area contributed by atoms with E-state index < -0.39 is 12.0 Å². The number of esters is 1. The summed E-state index contributed by atoms with van der Waals surface area (Å²) >= 11 is 0. The predicted octanol–water partition coefficient (Wildman–Crippen LogP) is 1.53. The summed E-state index contributed by atoms with van der Waals surface area (Å²) in [5.74, 6) is -1.03. The van der Waals surface area contributed by atoms with E-state index in [0.29, 0.717) is 12.0 Å². The Morgan fingerprint density at radius 1 is 1.52 bits per heavy atom. The van der Waals surface area contributed by atoms with E-state index in [2.05, 4.69) is 14.8 Å². The van der Waals surface area contributed by atoms with Gasteiger partial charge in [0.2, 0.25) is 0 Å². The summed E-state index contributed by atoms with van der Waals surface area (Å²) in [6, 6.07) is 5.44. The van der Waals surface area contributed by atoms with Gasteiger partial charge in [0.05, 0.1) is 13.2 Å². The highest BCUT2D eigenvalue weighted by atomic mass is 19.1. The standard InChI is InChI=1S/C14H17FN4O2/c1-3-11(16)12(9-5-4-6-10(15)7-9)19-8-17-13(18-19)14(20)21-2/h4-8,11-12H,3,16H2,1-2H3. The Labute approximate surface area is 121 Å². The summed E-state index contributed by atoms with van der Waals surface area (Å²) in [7, 11) is 1.25. The van der Waals surface area contributed by atoms with E-state index in [1.54, 1.807) is 12.1 Å². The average Bonchev–Trinajstić information content (AvgIpc) is 2.96. The molecule has 7 heteroatoms. The van der Waals surface area contributed by atoms with E-state index in [4.69, 9.17) is 5.73 Å². The summed E-state index contributed by atoms with van der Waals surface area (Å²) in [6.45, 7) is 1.93. The fourth-order valence-electron chi connectivity index (χ4n) is 2.10. The van der Waals surface area contributed by atoms with Crippen LogP contribution in [0, 0.1) is 5.82 Å². The monoisotopic (exact) mass is 292 g/mol. The molecule has 21 heavy (non-hydrogen) atoms. The lowest BCUT2D eigenvalue weighted by Crippen LogP contribution is -2.33. The van der Waals surface area contributed by atoms with Crippen LogP contribution in [0.25, 0.3) is 0 Å². The van der Waals surface area contributed by atoms with Crippen LogP contribution in [0.4, 0.5) is 4.39 Å². The topological polar surface area (TPSA) is 83.0 Å². The second kappa shape index (κ2) is 6.45. The number of nitrogens with zero attached hydrogens (tertiary/aromatic N) is 3. The molecular formula is C14H17FN4O2. The SMILES string of the molecule is CCC(N)C(c1cccc(F)c1)n1cnc(C(=O)OC)n1. The molecule has 0 bridgehead atoms. The van der Waals surface area contributed by atoms with Gasteiger partial charge in [0.15, 0.2) is 0 Å². The maximum absolute atomic E-state index is 13.4. The van der Waals surface area contributed by atoms with Gasteiger partial charge in [-0.25, -0.2) is 18.9 Å². The van der Waals surface area contributed by atoms with Gasteiger partial charge >= 0.3 is 5.97 Å². The van der Waals surface area contributed by atoms with Crippen LogP contribution in [-0.4, -0.2) is 33.9 Å². The molecule has 112 valence electrons. The lowest BCUT2D eigenvalue weighted by Gasteiger charge is -2.23. The van der Waals surface area contributed by atoms with E-state index in [0.717, 1.165) is 0 Å². The fourth-order valence-corrected chi connectivity index (χ4v) is 2.10. The number of halogens is 1. The minimum Gasteiger partial charge on any atom is -0.463 e. The maximum Gasteiger partial charge on any atom is 0.377 e. The van der Waals surface area contributed by atoms with Crippen molar-refractivity contribution in [2.75, 3.05) is 7.11 Å². The molecule has 1 aromatic heterocycles. The molecule has 1 heterocycles. The van der Waals surface area contributed by atoms with Gasteiger partial charge in [0.25, 0.3) is 5.82 Å². The molecule has 2 rings (SSSR count). The highest BCUT2D eigenvalue weighted by Crippen LogP contribution is 2.22. The Hall–Kier alpha value is -2.28. The van der Waals surface area contributed by atoms with Crippen LogP contribution >= 0.6 is 0 Å². The van der Waals surface area contributed by atoms with Crippen LogP contribution in [0.2, 0.25) is 0 Å². The van der Waals surface area contributed by atoms with E-state index in [1.165, 1.54) is 30.3 Å². The molecule has 0 saturated carbocycles. The Bertz CT molecular complexity index is 629. The number of carbonyl (C=O) groups is 1. The van der Waals surface area contributed by atoms with Gasteiger partial charge in [-0.05, 0) is 24.1 Å². The number of ether oxygens (including phenoxy) is 1. The number of carbonyl (C=O) groups excluding carboxylic acids is 1. The first kappa shape index (κ1) is 15.1. The van der Waals surface area contributed by atoms with Crippen molar-refractivity contribution in [1.82, 2.24) is 14.8 Å². The summed E-state index contributed by atoms with van der Waals surface area (Å²) in [5, 5.41) is 4.08. The van der Waals surface area contributed by atoms with Crippen LogP contribution in [0.1, 0.15) is 35.6 Å². The predicted molar refractivity (Wildman–Crippen MR) is 74.2 cm³/mol. The Morgan fingerprint density at radius 2 is 2.29 bits per heavy atom. The van der Waals surface area contributed by atoms with Crippen molar-refractivity contribution in [1.29, 1.82) is 0 Å². The zero-order chi connectivity index (χ0) is 15.4. The van der Waals surface area contributed by atoms with Gasteiger partial charge in [0.1, 0.15) is 12.1 Å². The second-order valence-electron chi connectivity index (χ2n) is 4.61. The van der Waals surface area contributed by atoms with Gasteiger partial charge in [-0.15, -0.1) is 5.10 Å². The number of rotatable bonds is 5. The zero-order valence-electron chi connectivity index (χ0n) is 11.9. The molecule has 2 aromatic rings. The van der Waals surface area contributed by atoms with Crippen molar-refractivity contribution in [2.45, 2.75) is 25.4 Å². The highest BCUT2D eigenvalue weighted by molar-refractivity contribution is 5.84. The maximum atomic E-state index is 13.4. The molecule has 2 atom stereocenters. The molecule has 0 amide bonds. The van der Waals surface area contributed by atoms with Crippen LogP contribution in [0.3, 0.4) is 0 Å². The van der Waals surface area contributed by atoms with Crippen molar-refractivity contribution in [3.8, 4) is 0 Å². The lowest BCUT2D eigenvalue weighted by molar-refractivity contribution is 0.0586. The third-order valence-corrected chi connectivity index (χ3v) is 3.23. The first-order valence-corrected chi connectivity index (χ1v) is 6.57. The largest absolute Gasteiger partial charge is 0.463 e. The van der Waals surface area contributed by atoms with Crippen molar-refractivity contribution >= 4 is 5.97 Å². The van der Waals surface area contributed by atoms with Crippen molar-refractivity contribution < 1.29 is 13.9 Å². The van der Waals surface area contributed by atoms with Crippen molar-refractivity contribution in [3.63, 3.8) is 0 Å². The van der Waals surface area contributed by atoms with Crippen LogP contribution in [0.15, 0.2) is 30.6 Å². The van der Waals surface area contributed by atoms with Gasteiger partial charge in [-0.2, -0.15) is 0 Å². The third kappa shape index (κ3) is 3.25. The molecule has 2 N–H and O–H groups in total. The van der Waals surface area contributed by atoms with E-state index in [1.807, 2.05) is 6.92 Å². The number of benzene rings is 1. The number of aromatic nitrogens is 3. The summed E-state index contributed by atoms with van der Waals surface area (Å²) in [5.41, 5.74) is 6.79.